The molecule has 8 heteroatoms. The maximum absolute atomic E-state index is 12.8. The third-order valence-electron chi connectivity index (χ3n) is 4.72. The summed E-state index contributed by atoms with van der Waals surface area (Å²) < 4.78 is 5.16. The van der Waals surface area contributed by atoms with Gasteiger partial charge in [-0.2, -0.15) is 0 Å². The molecule has 2 aromatic rings. The van der Waals surface area contributed by atoms with Gasteiger partial charge in [-0.05, 0) is 50.1 Å². The average Bonchev–Trinajstić information content (AvgIpc) is 3.03. The largest absolute Gasteiger partial charge is 0.469 e. The number of aryl methyl sites for hydroxylation is 1. The highest BCUT2D eigenvalue weighted by atomic mass is 35.5. The second kappa shape index (κ2) is 9.26. The minimum Gasteiger partial charge on any atom is -0.469 e. The first kappa shape index (κ1) is 21.3. The number of carbonyl (C=O) groups is 2. The van der Waals surface area contributed by atoms with Crippen molar-refractivity contribution in [2.24, 2.45) is 5.92 Å². The minimum atomic E-state index is -0.347. The number of anilines is 1. The van der Waals surface area contributed by atoms with Crippen LogP contribution in [-0.2, 0) is 0 Å². The summed E-state index contributed by atoms with van der Waals surface area (Å²) in [5, 5.41) is 9.54. The topological polar surface area (TPSA) is 83.4 Å². The molecule has 2 atom stereocenters. The molecule has 0 spiro atoms. The fraction of sp³-hybridized carbons (Fsp3) is 0.368. The summed E-state index contributed by atoms with van der Waals surface area (Å²) in [5.41, 5.74) is 1.17. The lowest BCUT2D eigenvalue weighted by Crippen LogP contribution is -2.50. The zero-order valence-corrected chi connectivity index (χ0v) is 16.7. The van der Waals surface area contributed by atoms with Crippen LogP contribution in [0, 0.1) is 12.8 Å². The summed E-state index contributed by atoms with van der Waals surface area (Å²) >= 11 is 6.06. The van der Waals surface area contributed by atoms with E-state index >= 15 is 0 Å². The van der Waals surface area contributed by atoms with Crippen molar-refractivity contribution in [3.05, 3.63) is 52.4 Å². The van der Waals surface area contributed by atoms with Crippen molar-refractivity contribution in [1.29, 1.82) is 0 Å². The minimum absolute atomic E-state index is 0. The van der Waals surface area contributed by atoms with Crippen LogP contribution in [0.3, 0.4) is 0 Å². The van der Waals surface area contributed by atoms with E-state index in [9.17, 15) is 9.59 Å². The van der Waals surface area contributed by atoms with Crippen LogP contribution in [0.1, 0.15) is 39.8 Å². The van der Waals surface area contributed by atoms with E-state index in [1.807, 2.05) is 0 Å². The molecule has 27 heavy (non-hydrogen) atoms. The highest BCUT2D eigenvalue weighted by Gasteiger charge is 2.24. The van der Waals surface area contributed by atoms with E-state index in [1.54, 1.807) is 31.2 Å². The van der Waals surface area contributed by atoms with E-state index in [1.165, 1.54) is 6.26 Å². The van der Waals surface area contributed by atoms with E-state index in [2.05, 4.69) is 22.9 Å². The Morgan fingerprint density at radius 1 is 1.22 bits per heavy atom. The normalized spacial score (nSPS) is 19.1. The Bertz CT molecular complexity index is 822. The first-order valence-corrected chi connectivity index (χ1v) is 9.00. The van der Waals surface area contributed by atoms with E-state index in [0.29, 0.717) is 33.5 Å². The number of benzene rings is 1. The van der Waals surface area contributed by atoms with E-state index in [-0.39, 0.29) is 30.3 Å². The van der Waals surface area contributed by atoms with Gasteiger partial charge in [0.1, 0.15) is 5.76 Å². The molecule has 1 aliphatic rings. The number of nitrogens with one attached hydrogen (secondary N) is 3. The molecule has 6 nitrogen and oxygen atoms in total. The molecule has 1 aromatic carbocycles. The van der Waals surface area contributed by atoms with Crippen LogP contribution in [0.2, 0.25) is 5.02 Å². The Balaban J connectivity index is 0.00000261. The van der Waals surface area contributed by atoms with Crippen molar-refractivity contribution in [1.82, 2.24) is 10.6 Å². The molecule has 1 aromatic heterocycles. The lowest BCUT2D eigenvalue weighted by atomic mass is 9.94. The predicted molar refractivity (Wildman–Crippen MR) is 108 cm³/mol. The van der Waals surface area contributed by atoms with Gasteiger partial charge in [-0.3, -0.25) is 9.59 Å². The van der Waals surface area contributed by atoms with Gasteiger partial charge in [0.05, 0.1) is 23.1 Å². The predicted octanol–water partition coefficient (Wildman–Crippen LogP) is 3.64. The van der Waals surface area contributed by atoms with Gasteiger partial charge in [0.15, 0.2) is 0 Å². The SMILES string of the molecule is Cc1occc1C(=O)Nc1cc(Cl)ccc1C(=O)NC1CNCCC1C.Cl. The average molecular weight is 412 g/mol. The second-order valence-corrected chi connectivity index (χ2v) is 7.02. The molecule has 1 fully saturated rings. The lowest BCUT2D eigenvalue weighted by molar-refractivity contribution is 0.0916. The molecule has 0 bridgehead atoms. The van der Waals surface area contributed by atoms with Crippen LogP contribution in [-0.4, -0.2) is 30.9 Å². The van der Waals surface area contributed by atoms with Gasteiger partial charge in [-0.1, -0.05) is 18.5 Å². The van der Waals surface area contributed by atoms with Crippen molar-refractivity contribution in [3.8, 4) is 0 Å². The number of amides is 2. The number of hydrogen-bond acceptors (Lipinski definition) is 4. The fourth-order valence-corrected chi connectivity index (χ4v) is 3.23. The first-order chi connectivity index (χ1) is 12.5. The van der Waals surface area contributed by atoms with Gasteiger partial charge in [-0.25, -0.2) is 0 Å². The molecule has 0 saturated carbocycles. The van der Waals surface area contributed by atoms with Gasteiger partial charge in [0.2, 0.25) is 0 Å². The molecule has 2 unspecified atom stereocenters. The smallest absolute Gasteiger partial charge is 0.259 e. The molecular weight excluding hydrogens is 389 g/mol. The number of hydrogen-bond donors (Lipinski definition) is 3. The molecule has 3 rings (SSSR count). The first-order valence-electron chi connectivity index (χ1n) is 8.62. The third-order valence-corrected chi connectivity index (χ3v) is 4.96. The van der Waals surface area contributed by atoms with Crippen LogP contribution in [0.4, 0.5) is 5.69 Å². The Hall–Kier alpha value is -2.02. The highest BCUT2D eigenvalue weighted by molar-refractivity contribution is 6.31. The van der Waals surface area contributed by atoms with Crippen molar-refractivity contribution < 1.29 is 14.0 Å². The van der Waals surface area contributed by atoms with Gasteiger partial charge in [0, 0.05) is 17.6 Å². The quantitative estimate of drug-likeness (QED) is 0.716. The Morgan fingerprint density at radius 2 is 2.00 bits per heavy atom. The van der Waals surface area contributed by atoms with Gasteiger partial charge < -0.3 is 20.4 Å². The number of carbonyl (C=O) groups excluding carboxylic acids is 2. The zero-order valence-electron chi connectivity index (χ0n) is 15.2. The lowest BCUT2D eigenvalue weighted by Gasteiger charge is -2.30. The number of piperidine rings is 1. The van der Waals surface area contributed by atoms with E-state index in [4.69, 9.17) is 16.0 Å². The summed E-state index contributed by atoms with van der Waals surface area (Å²) in [4.78, 5) is 25.2. The van der Waals surface area contributed by atoms with Gasteiger partial charge >= 0.3 is 0 Å². The summed E-state index contributed by atoms with van der Waals surface area (Å²) in [6.45, 7) is 5.52. The van der Waals surface area contributed by atoms with Crippen LogP contribution < -0.4 is 16.0 Å². The maximum Gasteiger partial charge on any atom is 0.259 e. The molecule has 146 valence electrons. The molecule has 0 radical (unpaired) electrons. The standard InChI is InChI=1S/C19H22ClN3O3.ClH/c1-11-5-7-21-10-17(11)23-19(25)15-4-3-13(20)9-16(15)22-18(24)14-6-8-26-12(14)2;/h3-4,6,8-9,11,17,21H,5,7,10H2,1-2H3,(H,22,24)(H,23,25);1H. The van der Waals surface area contributed by atoms with Gasteiger partial charge in [-0.15, -0.1) is 12.4 Å². The number of furan rings is 1. The molecule has 2 amide bonds. The van der Waals surface area contributed by atoms with Crippen LogP contribution >= 0.6 is 24.0 Å². The van der Waals surface area contributed by atoms with Crippen LogP contribution in [0.5, 0.6) is 0 Å². The van der Waals surface area contributed by atoms with Crippen molar-refractivity contribution in [2.45, 2.75) is 26.3 Å². The molecule has 1 saturated heterocycles. The molecular formula is C19H23Cl2N3O3. The number of halogens is 2. The number of rotatable bonds is 4. The molecule has 2 heterocycles. The third kappa shape index (κ3) is 5.03. The maximum atomic E-state index is 12.8. The Kier molecular flexibility index (Phi) is 7.30. The fourth-order valence-electron chi connectivity index (χ4n) is 3.06. The molecule has 0 aliphatic carbocycles. The summed E-state index contributed by atoms with van der Waals surface area (Å²) in [7, 11) is 0. The molecule has 1 aliphatic heterocycles. The second-order valence-electron chi connectivity index (χ2n) is 6.58. The summed E-state index contributed by atoms with van der Waals surface area (Å²) in [6, 6.07) is 6.47. The summed E-state index contributed by atoms with van der Waals surface area (Å²) in [5.74, 6) is 0.318. The van der Waals surface area contributed by atoms with E-state index < -0.39 is 0 Å². The summed E-state index contributed by atoms with van der Waals surface area (Å²) in [6.07, 6.45) is 2.46. The van der Waals surface area contributed by atoms with E-state index in [0.717, 1.165) is 19.5 Å². The Morgan fingerprint density at radius 3 is 2.67 bits per heavy atom. The Labute approximate surface area is 169 Å². The van der Waals surface area contributed by atoms with Crippen molar-refractivity contribution in [3.63, 3.8) is 0 Å². The van der Waals surface area contributed by atoms with Crippen molar-refractivity contribution in [2.75, 3.05) is 18.4 Å². The van der Waals surface area contributed by atoms with Crippen LogP contribution in [0.15, 0.2) is 34.9 Å². The van der Waals surface area contributed by atoms with Crippen molar-refractivity contribution >= 4 is 41.5 Å². The van der Waals surface area contributed by atoms with Gasteiger partial charge in [0.25, 0.3) is 11.8 Å². The highest BCUT2D eigenvalue weighted by Crippen LogP contribution is 2.23. The monoisotopic (exact) mass is 411 g/mol. The zero-order chi connectivity index (χ0) is 18.7. The van der Waals surface area contributed by atoms with Crippen LogP contribution in [0.25, 0.3) is 0 Å². The molecule has 3 N–H and O–H groups in total.